The van der Waals surface area contributed by atoms with E-state index in [0.29, 0.717) is 17.2 Å². The molecular formula is C20H24N2O4. The van der Waals surface area contributed by atoms with Crippen LogP contribution in [0.4, 0.5) is 5.69 Å². The van der Waals surface area contributed by atoms with Gasteiger partial charge in [-0.3, -0.25) is 9.59 Å². The Morgan fingerprint density at radius 2 is 1.88 bits per heavy atom. The van der Waals surface area contributed by atoms with Gasteiger partial charge in [0.15, 0.2) is 11.9 Å². The monoisotopic (exact) mass is 356 g/mol. The number of hydrogen-bond donors (Lipinski definition) is 2. The molecule has 0 unspecified atom stereocenters. The molecule has 2 aromatic rings. The molecule has 138 valence electrons. The summed E-state index contributed by atoms with van der Waals surface area (Å²) in [5.41, 5.74) is 2.28. The molecule has 1 aromatic heterocycles. The van der Waals surface area contributed by atoms with Crippen LogP contribution in [0.3, 0.4) is 0 Å². The fraction of sp³-hybridized carbons (Fsp3) is 0.350. The minimum Gasteiger partial charge on any atom is -0.448 e. The number of ketones is 1. The number of rotatable bonds is 7. The lowest BCUT2D eigenvalue weighted by Crippen LogP contribution is -2.30. The Balaban J connectivity index is 2.03. The van der Waals surface area contributed by atoms with Crippen molar-refractivity contribution in [3.63, 3.8) is 0 Å². The van der Waals surface area contributed by atoms with Crippen molar-refractivity contribution < 1.29 is 19.1 Å². The number of amides is 1. The molecule has 0 spiro atoms. The zero-order valence-electron chi connectivity index (χ0n) is 15.5. The number of anilines is 1. The van der Waals surface area contributed by atoms with E-state index in [1.54, 1.807) is 0 Å². The van der Waals surface area contributed by atoms with Gasteiger partial charge in [0.2, 0.25) is 0 Å². The van der Waals surface area contributed by atoms with Gasteiger partial charge >= 0.3 is 5.97 Å². The Bertz CT molecular complexity index is 810. The molecule has 0 aliphatic heterocycles. The van der Waals surface area contributed by atoms with Crippen LogP contribution in [0.25, 0.3) is 0 Å². The summed E-state index contributed by atoms with van der Waals surface area (Å²) in [6.07, 6.45) is 1.41. The third-order valence-electron chi connectivity index (χ3n) is 4.32. The SMILES string of the molecule is CC[C@H](C)c1ccccc1NC(=O)[C@H](C)OC(=O)c1cc(C(C)=O)c[nH]1. The Kier molecular flexibility index (Phi) is 6.33. The molecule has 0 saturated carbocycles. The summed E-state index contributed by atoms with van der Waals surface area (Å²) >= 11 is 0. The smallest absolute Gasteiger partial charge is 0.355 e. The largest absolute Gasteiger partial charge is 0.448 e. The number of nitrogens with one attached hydrogen (secondary N) is 2. The number of ether oxygens (including phenoxy) is 1. The number of hydrogen-bond acceptors (Lipinski definition) is 4. The normalized spacial score (nSPS) is 12.9. The van der Waals surface area contributed by atoms with E-state index >= 15 is 0 Å². The third kappa shape index (κ3) is 4.59. The van der Waals surface area contributed by atoms with Crippen LogP contribution in [0.5, 0.6) is 0 Å². The summed E-state index contributed by atoms with van der Waals surface area (Å²) < 4.78 is 5.20. The molecule has 2 N–H and O–H groups in total. The number of aromatic amines is 1. The fourth-order valence-corrected chi connectivity index (χ4v) is 2.49. The number of benzene rings is 1. The van der Waals surface area contributed by atoms with Crippen molar-refractivity contribution in [2.24, 2.45) is 0 Å². The molecule has 2 atom stereocenters. The van der Waals surface area contributed by atoms with E-state index in [0.717, 1.165) is 12.0 Å². The van der Waals surface area contributed by atoms with Gasteiger partial charge in [0, 0.05) is 17.4 Å². The van der Waals surface area contributed by atoms with Crippen molar-refractivity contribution in [1.82, 2.24) is 4.98 Å². The average molecular weight is 356 g/mol. The van der Waals surface area contributed by atoms with Gasteiger partial charge in [-0.1, -0.05) is 32.0 Å². The Hall–Kier alpha value is -2.89. The Morgan fingerprint density at radius 3 is 2.50 bits per heavy atom. The van der Waals surface area contributed by atoms with E-state index in [4.69, 9.17) is 4.74 Å². The van der Waals surface area contributed by atoms with Crippen molar-refractivity contribution in [1.29, 1.82) is 0 Å². The number of carbonyl (C=O) groups is 3. The maximum absolute atomic E-state index is 12.4. The van der Waals surface area contributed by atoms with Crippen LogP contribution in [-0.2, 0) is 9.53 Å². The fourth-order valence-electron chi connectivity index (χ4n) is 2.49. The van der Waals surface area contributed by atoms with Crippen LogP contribution < -0.4 is 5.32 Å². The van der Waals surface area contributed by atoms with Crippen molar-refractivity contribution in [3.05, 3.63) is 53.3 Å². The molecule has 0 saturated heterocycles. The first-order valence-corrected chi connectivity index (χ1v) is 8.63. The van der Waals surface area contributed by atoms with Crippen molar-refractivity contribution in [2.45, 2.75) is 46.1 Å². The first-order chi connectivity index (χ1) is 12.3. The van der Waals surface area contributed by atoms with Gasteiger partial charge in [-0.15, -0.1) is 0 Å². The van der Waals surface area contributed by atoms with Gasteiger partial charge in [-0.25, -0.2) is 4.79 Å². The van der Waals surface area contributed by atoms with Gasteiger partial charge < -0.3 is 15.0 Å². The second-order valence-corrected chi connectivity index (χ2v) is 6.29. The molecule has 6 heteroatoms. The number of Topliss-reactive ketones (excluding diaryl/α,β-unsaturated/α-hetero) is 1. The highest BCUT2D eigenvalue weighted by atomic mass is 16.5. The molecule has 0 bridgehead atoms. The first-order valence-electron chi connectivity index (χ1n) is 8.63. The van der Waals surface area contributed by atoms with Crippen molar-refractivity contribution in [2.75, 3.05) is 5.32 Å². The van der Waals surface area contributed by atoms with E-state index in [1.165, 1.54) is 26.1 Å². The molecule has 1 amide bonds. The number of esters is 1. The summed E-state index contributed by atoms with van der Waals surface area (Å²) in [5, 5.41) is 2.83. The van der Waals surface area contributed by atoms with Gasteiger partial charge in [-0.05, 0) is 43.9 Å². The molecule has 1 aromatic carbocycles. The van der Waals surface area contributed by atoms with Crippen LogP contribution in [0.15, 0.2) is 36.5 Å². The molecule has 6 nitrogen and oxygen atoms in total. The van der Waals surface area contributed by atoms with E-state index in [-0.39, 0.29) is 11.5 Å². The Labute approximate surface area is 152 Å². The molecule has 0 radical (unpaired) electrons. The van der Waals surface area contributed by atoms with Gasteiger partial charge in [0.25, 0.3) is 5.91 Å². The predicted octanol–water partition coefficient (Wildman–Crippen LogP) is 3.91. The third-order valence-corrected chi connectivity index (χ3v) is 4.32. The van der Waals surface area contributed by atoms with E-state index in [1.807, 2.05) is 24.3 Å². The zero-order valence-corrected chi connectivity index (χ0v) is 15.5. The number of carbonyl (C=O) groups excluding carboxylic acids is 3. The highest BCUT2D eigenvalue weighted by Crippen LogP contribution is 2.26. The molecular weight excluding hydrogens is 332 g/mol. The molecule has 26 heavy (non-hydrogen) atoms. The van der Waals surface area contributed by atoms with E-state index < -0.39 is 18.0 Å². The molecule has 0 aliphatic rings. The maximum atomic E-state index is 12.4. The van der Waals surface area contributed by atoms with Crippen LogP contribution in [0.2, 0.25) is 0 Å². The quantitative estimate of drug-likeness (QED) is 0.581. The topological polar surface area (TPSA) is 88.3 Å². The molecule has 1 heterocycles. The second kappa shape index (κ2) is 8.47. The van der Waals surface area contributed by atoms with Crippen LogP contribution in [0.1, 0.15) is 66.4 Å². The number of H-pyrrole nitrogens is 1. The zero-order chi connectivity index (χ0) is 19.3. The summed E-state index contributed by atoms with van der Waals surface area (Å²) in [7, 11) is 0. The first kappa shape index (κ1) is 19.4. The van der Waals surface area contributed by atoms with Crippen LogP contribution in [0, 0.1) is 0 Å². The summed E-state index contributed by atoms with van der Waals surface area (Å²) in [6.45, 7) is 7.09. The van der Waals surface area contributed by atoms with Gasteiger partial charge in [0.1, 0.15) is 5.69 Å². The molecule has 2 rings (SSSR count). The number of aromatic nitrogens is 1. The lowest BCUT2D eigenvalue weighted by atomic mass is 9.97. The van der Waals surface area contributed by atoms with Gasteiger partial charge in [-0.2, -0.15) is 0 Å². The van der Waals surface area contributed by atoms with Crippen LogP contribution in [-0.4, -0.2) is 28.7 Å². The van der Waals surface area contributed by atoms with Crippen molar-refractivity contribution >= 4 is 23.3 Å². The minimum atomic E-state index is -0.975. The minimum absolute atomic E-state index is 0.134. The van der Waals surface area contributed by atoms with E-state index in [2.05, 4.69) is 24.1 Å². The second-order valence-electron chi connectivity index (χ2n) is 6.29. The Morgan fingerprint density at radius 1 is 1.19 bits per heavy atom. The summed E-state index contributed by atoms with van der Waals surface area (Å²) in [4.78, 5) is 38.5. The lowest BCUT2D eigenvalue weighted by molar-refractivity contribution is -0.123. The molecule has 0 aliphatic carbocycles. The predicted molar refractivity (Wildman–Crippen MR) is 99.5 cm³/mol. The summed E-state index contributed by atoms with van der Waals surface area (Å²) in [6, 6.07) is 8.99. The molecule has 0 fully saturated rings. The van der Waals surface area contributed by atoms with Crippen molar-refractivity contribution in [3.8, 4) is 0 Å². The highest BCUT2D eigenvalue weighted by Gasteiger charge is 2.21. The maximum Gasteiger partial charge on any atom is 0.355 e. The number of para-hydroxylation sites is 1. The lowest BCUT2D eigenvalue weighted by Gasteiger charge is -2.18. The standard InChI is InChI=1S/C20H24N2O4/c1-5-12(2)16-8-6-7-9-17(16)22-19(24)14(4)26-20(25)18-10-15(11-21-18)13(3)23/h6-12,14,21H,5H2,1-4H3,(H,22,24)/t12-,14-/m0/s1. The van der Waals surface area contributed by atoms with Crippen LogP contribution >= 0.6 is 0 Å². The summed E-state index contributed by atoms with van der Waals surface area (Å²) in [5.74, 6) is -0.955. The van der Waals surface area contributed by atoms with Gasteiger partial charge in [0.05, 0.1) is 0 Å². The average Bonchev–Trinajstić information content (AvgIpc) is 3.12. The van der Waals surface area contributed by atoms with E-state index in [9.17, 15) is 14.4 Å². The highest BCUT2D eigenvalue weighted by molar-refractivity contribution is 5.99.